The summed E-state index contributed by atoms with van der Waals surface area (Å²) in [4.78, 5) is 28.3. The number of nitro benzene ring substituents is 2. The van der Waals surface area contributed by atoms with E-state index in [-0.39, 0.29) is 13.1 Å². The number of piperazine rings is 1. The lowest BCUT2D eigenvalue weighted by Gasteiger charge is -2.35. The Hall–Kier alpha value is -2.99. The maximum atomic E-state index is 13.1. The maximum Gasteiger partial charge on any atom is 0.416 e. The monoisotopic (exact) mass is 445 g/mol. The average Bonchev–Trinajstić information content (AvgIpc) is 2.68. The van der Waals surface area contributed by atoms with Crippen molar-refractivity contribution in [3.63, 3.8) is 0 Å². The number of nitrogens with zero attached hydrogens (tertiary/aromatic N) is 5. The van der Waals surface area contributed by atoms with Crippen LogP contribution in [0.4, 0.5) is 30.2 Å². The summed E-state index contributed by atoms with van der Waals surface area (Å²) >= 11 is 5.80. The van der Waals surface area contributed by atoms with Crippen LogP contribution in [0, 0.1) is 20.2 Å². The van der Waals surface area contributed by atoms with Crippen molar-refractivity contribution >= 4 is 28.7 Å². The molecule has 0 aliphatic carbocycles. The molecule has 13 heteroatoms. The van der Waals surface area contributed by atoms with Gasteiger partial charge in [0, 0.05) is 51.1 Å². The van der Waals surface area contributed by atoms with Crippen molar-refractivity contribution in [3.05, 3.63) is 67.0 Å². The Morgan fingerprint density at radius 2 is 1.60 bits per heavy atom. The quantitative estimate of drug-likeness (QED) is 0.507. The molecule has 2 aromatic rings. The van der Waals surface area contributed by atoms with Crippen LogP contribution in [0.25, 0.3) is 0 Å². The van der Waals surface area contributed by atoms with E-state index in [1.807, 2.05) is 4.90 Å². The zero-order chi connectivity index (χ0) is 22.1. The molecule has 0 amide bonds. The highest BCUT2D eigenvalue weighted by Gasteiger charge is 2.39. The molecule has 0 atom stereocenters. The summed E-state index contributed by atoms with van der Waals surface area (Å²) in [6, 6.07) is 4.12. The van der Waals surface area contributed by atoms with Crippen LogP contribution < -0.4 is 4.90 Å². The highest BCUT2D eigenvalue weighted by molar-refractivity contribution is 6.30. The van der Waals surface area contributed by atoms with Crippen LogP contribution in [0.1, 0.15) is 11.3 Å². The van der Waals surface area contributed by atoms with Gasteiger partial charge in [0.1, 0.15) is 0 Å². The van der Waals surface area contributed by atoms with Crippen LogP contribution in [0.5, 0.6) is 0 Å². The molecule has 1 aliphatic rings. The number of rotatable bonds is 5. The first-order chi connectivity index (χ1) is 14.1. The van der Waals surface area contributed by atoms with E-state index in [1.165, 1.54) is 11.1 Å². The van der Waals surface area contributed by atoms with Gasteiger partial charge in [0.2, 0.25) is 0 Å². The lowest BCUT2D eigenvalue weighted by atomic mass is 10.1. The van der Waals surface area contributed by atoms with E-state index in [9.17, 15) is 33.4 Å². The van der Waals surface area contributed by atoms with E-state index in [2.05, 4.69) is 4.98 Å². The SMILES string of the molecule is O=[N+]([O-])c1cc(C(F)(F)F)cc([N+](=O)[O-])c1N1CCN(Cc2ccc(Cl)cn2)CC1. The molecule has 1 aliphatic heterocycles. The van der Waals surface area contributed by atoms with Crippen molar-refractivity contribution in [2.45, 2.75) is 12.7 Å². The summed E-state index contributed by atoms with van der Waals surface area (Å²) < 4.78 is 39.2. The average molecular weight is 446 g/mol. The highest BCUT2D eigenvalue weighted by atomic mass is 35.5. The molecule has 0 radical (unpaired) electrons. The fourth-order valence-corrected chi connectivity index (χ4v) is 3.34. The molecule has 9 nitrogen and oxygen atoms in total. The fraction of sp³-hybridized carbons (Fsp3) is 0.353. The van der Waals surface area contributed by atoms with E-state index in [0.717, 1.165) is 5.69 Å². The van der Waals surface area contributed by atoms with Gasteiger partial charge in [0.05, 0.1) is 26.1 Å². The smallest absolute Gasteiger partial charge is 0.358 e. The minimum atomic E-state index is -4.95. The summed E-state index contributed by atoms with van der Waals surface area (Å²) in [5.41, 5.74) is -2.98. The molecule has 0 bridgehead atoms. The molecule has 0 N–H and O–H groups in total. The third kappa shape index (κ3) is 4.76. The molecule has 0 unspecified atom stereocenters. The Morgan fingerprint density at radius 3 is 2.03 bits per heavy atom. The van der Waals surface area contributed by atoms with E-state index in [0.29, 0.717) is 36.8 Å². The number of halogens is 4. The Bertz CT molecular complexity index is 928. The van der Waals surface area contributed by atoms with Gasteiger partial charge in [-0.3, -0.25) is 30.1 Å². The number of nitro groups is 2. The molecular weight excluding hydrogens is 431 g/mol. The Labute approximate surface area is 173 Å². The van der Waals surface area contributed by atoms with Gasteiger partial charge in [-0.2, -0.15) is 13.2 Å². The lowest BCUT2D eigenvalue weighted by Crippen LogP contribution is -2.46. The van der Waals surface area contributed by atoms with Gasteiger partial charge in [-0.15, -0.1) is 0 Å². The van der Waals surface area contributed by atoms with Gasteiger partial charge in [0.15, 0.2) is 5.69 Å². The minimum absolute atomic E-state index is 0.167. The van der Waals surface area contributed by atoms with E-state index in [1.54, 1.807) is 12.1 Å². The number of pyridine rings is 1. The Kier molecular flexibility index (Phi) is 6.08. The topological polar surface area (TPSA) is 106 Å². The van der Waals surface area contributed by atoms with Crippen LogP contribution in [0.2, 0.25) is 5.02 Å². The molecule has 0 spiro atoms. The third-order valence-electron chi connectivity index (χ3n) is 4.65. The maximum absolute atomic E-state index is 13.1. The first kappa shape index (κ1) is 21.7. The zero-order valence-corrected chi connectivity index (χ0v) is 16.1. The number of hydrogen-bond donors (Lipinski definition) is 0. The second kappa shape index (κ2) is 8.40. The van der Waals surface area contributed by atoms with Gasteiger partial charge < -0.3 is 4.90 Å². The van der Waals surface area contributed by atoms with Gasteiger partial charge in [-0.05, 0) is 12.1 Å². The van der Waals surface area contributed by atoms with Crippen LogP contribution in [0.15, 0.2) is 30.5 Å². The van der Waals surface area contributed by atoms with Crippen molar-refractivity contribution in [2.75, 3.05) is 31.1 Å². The molecule has 0 saturated carbocycles. The Morgan fingerprint density at radius 1 is 1.03 bits per heavy atom. The van der Waals surface area contributed by atoms with Crippen molar-refractivity contribution in [1.29, 1.82) is 0 Å². The van der Waals surface area contributed by atoms with Crippen molar-refractivity contribution < 1.29 is 23.0 Å². The summed E-state index contributed by atoms with van der Waals surface area (Å²) in [7, 11) is 0. The number of benzene rings is 1. The van der Waals surface area contributed by atoms with Crippen LogP contribution >= 0.6 is 11.6 Å². The molecule has 2 heterocycles. The molecular formula is C17H15ClF3N5O4. The molecule has 1 fully saturated rings. The second-order valence-corrected chi connectivity index (χ2v) is 7.04. The highest BCUT2D eigenvalue weighted by Crippen LogP contribution is 2.43. The molecule has 1 saturated heterocycles. The summed E-state index contributed by atoms with van der Waals surface area (Å²) in [5, 5.41) is 23.3. The van der Waals surface area contributed by atoms with Gasteiger partial charge in [0.25, 0.3) is 11.4 Å². The van der Waals surface area contributed by atoms with Gasteiger partial charge in [-0.1, -0.05) is 11.6 Å². The number of anilines is 1. The summed E-state index contributed by atoms with van der Waals surface area (Å²) in [5.74, 6) is 0. The predicted molar refractivity (Wildman–Crippen MR) is 101 cm³/mol. The van der Waals surface area contributed by atoms with E-state index < -0.39 is 38.6 Å². The van der Waals surface area contributed by atoms with E-state index >= 15 is 0 Å². The molecule has 3 rings (SSSR count). The number of alkyl halides is 3. The lowest BCUT2D eigenvalue weighted by molar-refractivity contribution is -0.393. The van der Waals surface area contributed by atoms with Crippen molar-refractivity contribution in [3.8, 4) is 0 Å². The van der Waals surface area contributed by atoms with E-state index in [4.69, 9.17) is 11.6 Å². The number of aromatic nitrogens is 1. The van der Waals surface area contributed by atoms with Crippen LogP contribution in [0.3, 0.4) is 0 Å². The summed E-state index contributed by atoms with van der Waals surface area (Å²) in [6.45, 7) is 1.59. The largest absolute Gasteiger partial charge is 0.416 e. The second-order valence-electron chi connectivity index (χ2n) is 6.61. The first-order valence-electron chi connectivity index (χ1n) is 8.68. The predicted octanol–water partition coefficient (Wildman–Crippen LogP) is 3.89. The standard InChI is InChI=1S/C17H15ClF3N5O4/c18-12-1-2-13(22-9-12)10-23-3-5-24(6-4-23)16-14(25(27)28)7-11(17(19,20)21)8-15(16)26(29)30/h1-2,7-9H,3-6,10H2. The van der Waals surface area contributed by atoms with Gasteiger partial charge >= 0.3 is 6.18 Å². The molecule has 30 heavy (non-hydrogen) atoms. The van der Waals surface area contributed by atoms with Gasteiger partial charge in [-0.25, -0.2) is 0 Å². The van der Waals surface area contributed by atoms with Crippen molar-refractivity contribution in [2.24, 2.45) is 0 Å². The molecule has 160 valence electrons. The normalized spacial score (nSPS) is 15.3. The zero-order valence-electron chi connectivity index (χ0n) is 15.3. The summed E-state index contributed by atoms with van der Waals surface area (Å²) in [6.07, 6.45) is -3.44. The van der Waals surface area contributed by atoms with Crippen molar-refractivity contribution in [1.82, 2.24) is 9.88 Å². The molecule has 1 aromatic carbocycles. The number of hydrogen-bond acceptors (Lipinski definition) is 7. The Balaban J connectivity index is 1.86. The third-order valence-corrected chi connectivity index (χ3v) is 4.88. The van der Waals surface area contributed by atoms with Crippen LogP contribution in [-0.4, -0.2) is 45.9 Å². The fourth-order valence-electron chi connectivity index (χ4n) is 3.23. The van der Waals surface area contributed by atoms with Crippen LogP contribution in [-0.2, 0) is 12.7 Å². The molecule has 1 aromatic heterocycles. The minimum Gasteiger partial charge on any atom is -0.358 e. The first-order valence-corrected chi connectivity index (χ1v) is 9.06.